The quantitative estimate of drug-likeness (QED) is 0.133. The summed E-state index contributed by atoms with van der Waals surface area (Å²) in [4.78, 5) is 74.8. The third kappa shape index (κ3) is 9.93. The molecule has 2 N–H and O–H groups in total. The Morgan fingerprint density at radius 2 is 0.824 bits per heavy atom. The van der Waals surface area contributed by atoms with E-state index in [0.29, 0.717) is 39.3 Å². The van der Waals surface area contributed by atoms with Crippen LogP contribution >= 0.6 is 22.7 Å². The highest BCUT2D eigenvalue weighted by Gasteiger charge is 2.39. The fourth-order valence-electron chi connectivity index (χ4n) is 10.2. The van der Waals surface area contributed by atoms with E-state index in [1.54, 1.807) is 22.7 Å². The van der Waals surface area contributed by atoms with Gasteiger partial charge in [0, 0.05) is 51.7 Å². The number of carbonyl (C=O) groups excluding carboxylic acids is 4. The predicted molar refractivity (Wildman–Crippen MR) is 268 cm³/mol. The van der Waals surface area contributed by atoms with Crippen molar-refractivity contribution >= 4 is 46.6 Å². The minimum atomic E-state index is -0.767. The number of aromatic nitrogens is 2. The zero-order valence-electron chi connectivity index (χ0n) is 38.3. The van der Waals surface area contributed by atoms with E-state index in [0.717, 1.165) is 117 Å². The molecule has 4 fully saturated rings. The summed E-state index contributed by atoms with van der Waals surface area (Å²) in [5, 5.41) is 8.02. The van der Waals surface area contributed by atoms with Crippen LogP contribution in [0, 0.1) is 0 Å². The highest BCUT2D eigenvalue weighted by molar-refractivity contribution is 7.15. The molecule has 4 aliphatic heterocycles. The Bertz CT molecular complexity index is 2500. The Labute approximate surface area is 406 Å². The molecule has 12 nitrogen and oxygen atoms in total. The van der Waals surface area contributed by atoms with E-state index in [9.17, 15) is 19.2 Å². The number of likely N-dealkylation sites (tertiary alicyclic amines) is 4. The number of amides is 6. The van der Waals surface area contributed by atoms with E-state index < -0.39 is 12.1 Å². The molecule has 10 rings (SSSR count). The molecule has 14 heteroatoms. The normalized spacial score (nSPS) is 19.4. The number of thiazole rings is 2. The second kappa shape index (κ2) is 20.9. The molecule has 4 atom stereocenters. The second-order valence-electron chi connectivity index (χ2n) is 18.3. The van der Waals surface area contributed by atoms with Crippen LogP contribution in [0.2, 0.25) is 0 Å². The zero-order chi connectivity index (χ0) is 46.4. The molecule has 4 aromatic carbocycles. The van der Waals surface area contributed by atoms with Crippen LogP contribution in [0.15, 0.2) is 122 Å². The zero-order valence-corrected chi connectivity index (χ0v) is 39.9. The lowest BCUT2D eigenvalue weighted by atomic mass is 10.0. The molecule has 0 radical (unpaired) electrons. The first-order chi connectivity index (χ1) is 33.4. The summed E-state index contributed by atoms with van der Waals surface area (Å²) < 4.78 is 0. The molecule has 6 heterocycles. The van der Waals surface area contributed by atoms with Crippen LogP contribution in [-0.2, 0) is 9.59 Å². The number of piperidine rings is 2. The van der Waals surface area contributed by atoms with Gasteiger partial charge < -0.3 is 30.2 Å². The van der Waals surface area contributed by atoms with E-state index >= 15 is 0 Å². The van der Waals surface area contributed by atoms with Crippen LogP contribution in [0.25, 0.3) is 32.0 Å². The van der Waals surface area contributed by atoms with Gasteiger partial charge >= 0.3 is 12.1 Å². The first-order valence-electron chi connectivity index (χ1n) is 24.3. The minimum Gasteiger partial charge on any atom is -0.331 e. The van der Waals surface area contributed by atoms with Crippen LogP contribution in [0.4, 0.5) is 9.59 Å². The summed E-state index contributed by atoms with van der Waals surface area (Å²) in [6.07, 6.45) is 13.4. The van der Waals surface area contributed by atoms with Gasteiger partial charge in [0.15, 0.2) is 0 Å². The van der Waals surface area contributed by atoms with E-state index in [1.807, 2.05) is 92.7 Å². The SMILES string of the molecule is O=C(N[C@H](C(=O)N1CCC[C@H]1c1ncc(-c2ccc(-c3ccc(-c4cnc([C@@H]5CCCN5C(=O)[C@H](NC(=O)N5CCCCC5)c5ccccc5)s4)cc3)cc2)s1)c1ccccc1)N1CCCCC1. The summed E-state index contributed by atoms with van der Waals surface area (Å²) in [5.41, 5.74) is 5.90. The molecule has 0 saturated carbocycles. The van der Waals surface area contributed by atoms with Crippen LogP contribution in [0.1, 0.15) is 110 Å². The number of urea groups is 2. The molecule has 4 aliphatic rings. The first kappa shape index (κ1) is 45.4. The number of carbonyl (C=O) groups is 4. The van der Waals surface area contributed by atoms with Gasteiger partial charge in [-0.2, -0.15) is 0 Å². The van der Waals surface area contributed by atoms with Crippen molar-refractivity contribution in [3.05, 3.63) is 143 Å². The number of nitrogens with one attached hydrogen (secondary N) is 2. The lowest BCUT2D eigenvalue weighted by molar-refractivity contribution is -0.135. The fraction of sp³-hybridized carbons (Fsp3) is 0.370. The standard InChI is InChI=1S/C54H58N8O4S2/c63-51(47(41-15-5-1-6-16-41)57-53(65)59-29-9-3-10-30-59)61-33-13-19-43(61)49-55-35-45(67-49)39-25-21-37(22-26-39)38-23-27-40(28-24-38)46-36-56-50(68-46)44-20-14-34-62(44)52(64)48(42-17-7-2-8-18-42)58-54(66)60-31-11-4-12-32-60/h1-2,5-8,15-18,21-28,35-36,43-44,47-48H,3-4,9-14,19-20,29-34H2,(H,57,65)(H,58,66)/t43-,44-,47-,48+/m0/s1. The first-order valence-corrected chi connectivity index (χ1v) is 26.0. The maximum absolute atomic E-state index is 14.4. The van der Waals surface area contributed by atoms with Gasteiger partial charge in [-0.15, -0.1) is 22.7 Å². The van der Waals surface area contributed by atoms with Gasteiger partial charge in [0.1, 0.15) is 22.1 Å². The third-order valence-corrected chi connectivity index (χ3v) is 16.2. The van der Waals surface area contributed by atoms with Crippen LogP contribution in [-0.4, -0.2) is 92.7 Å². The lowest BCUT2D eigenvalue weighted by Gasteiger charge is -2.32. The van der Waals surface area contributed by atoms with E-state index in [2.05, 4.69) is 59.2 Å². The van der Waals surface area contributed by atoms with Crippen molar-refractivity contribution in [3.63, 3.8) is 0 Å². The molecular formula is C54H58N8O4S2. The van der Waals surface area contributed by atoms with E-state index in [-0.39, 0.29) is 36.0 Å². The van der Waals surface area contributed by atoms with Gasteiger partial charge in [-0.05, 0) is 97.6 Å². The lowest BCUT2D eigenvalue weighted by Crippen LogP contribution is -2.48. The summed E-state index contributed by atoms with van der Waals surface area (Å²) in [7, 11) is 0. The molecule has 0 aliphatic carbocycles. The van der Waals surface area contributed by atoms with Crippen LogP contribution in [0.5, 0.6) is 0 Å². The summed E-state index contributed by atoms with van der Waals surface area (Å²) in [6, 6.07) is 34.0. The number of hydrogen-bond acceptors (Lipinski definition) is 8. The Hall–Kier alpha value is -6.38. The molecule has 350 valence electrons. The molecular weight excluding hydrogens is 889 g/mol. The van der Waals surface area contributed by atoms with Gasteiger partial charge in [-0.1, -0.05) is 109 Å². The third-order valence-electron chi connectivity index (χ3n) is 13.9. The molecule has 6 amide bonds. The molecule has 2 aromatic heterocycles. The van der Waals surface area contributed by atoms with Crippen LogP contribution < -0.4 is 10.6 Å². The summed E-state index contributed by atoms with van der Waals surface area (Å²) >= 11 is 3.25. The fourth-order valence-corrected chi connectivity index (χ4v) is 12.3. The Morgan fingerprint density at radius 1 is 0.456 bits per heavy atom. The van der Waals surface area contributed by atoms with Crippen molar-refractivity contribution in [1.82, 2.24) is 40.2 Å². The maximum Gasteiger partial charge on any atom is 0.318 e. The van der Waals surface area contributed by atoms with Gasteiger partial charge in [0.25, 0.3) is 0 Å². The number of benzene rings is 4. The summed E-state index contributed by atoms with van der Waals surface area (Å²) in [6.45, 7) is 4.09. The number of nitrogens with zero attached hydrogens (tertiary/aromatic N) is 6. The largest absolute Gasteiger partial charge is 0.331 e. The number of rotatable bonds is 11. The highest BCUT2D eigenvalue weighted by atomic mass is 32.1. The molecule has 0 bridgehead atoms. The topological polar surface area (TPSA) is 131 Å². The van der Waals surface area contributed by atoms with Gasteiger partial charge in [-0.3, -0.25) is 9.59 Å². The summed E-state index contributed by atoms with van der Waals surface area (Å²) in [5.74, 6) is -0.189. The Morgan fingerprint density at radius 3 is 1.21 bits per heavy atom. The smallest absolute Gasteiger partial charge is 0.318 e. The molecule has 0 spiro atoms. The molecule has 4 saturated heterocycles. The minimum absolute atomic E-state index is 0.0947. The highest BCUT2D eigenvalue weighted by Crippen LogP contribution is 2.41. The molecule has 68 heavy (non-hydrogen) atoms. The maximum atomic E-state index is 14.4. The Balaban J connectivity index is 0.790. The molecule has 0 unspecified atom stereocenters. The van der Waals surface area contributed by atoms with Crippen LogP contribution in [0.3, 0.4) is 0 Å². The van der Waals surface area contributed by atoms with Crippen molar-refractivity contribution in [2.45, 2.75) is 88.4 Å². The molecule has 6 aromatic rings. The van der Waals surface area contributed by atoms with Crippen molar-refractivity contribution in [3.8, 4) is 32.0 Å². The van der Waals surface area contributed by atoms with Crippen molar-refractivity contribution in [2.75, 3.05) is 39.3 Å². The van der Waals surface area contributed by atoms with Crippen molar-refractivity contribution in [1.29, 1.82) is 0 Å². The van der Waals surface area contributed by atoms with Crippen molar-refractivity contribution < 1.29 is 19.2 Å². The van der Waals surface area contributed by atoms with Gasteiger partial charge in [0.05, 0.1) is 21.8 Å². The van der Waals surface area contributed by atoms with Gasteiger partial charge in [0.2, 0.25) is 11.8 Å². The predicted octanol–water partition coefficient (Wildman–Crippen LogP) is 10.8. The Kier molecular flexibility index (Phi) is 13.9. The van der Waals surface area contributed by atoms with Crippen molar-refractivity contribution in [2.24, 2.45) is 0 Å². The van der Waals surface area contributed by atoms with E-state index in [1.165, 1.54) is 0 Å². The average molecular weight is 947 g/mol. The van der Waals surface area contributed by atoms with E-state index in [4.69, 9.17) is 9.97 Å². The average Bonchev–Trinajstić information content (AvgIpc) is 4.26. The monoisotopic (exact) mass is 946 g/mol. The number of hydrogen-bond donors (Lipinski definition) is 2. The van der Waals surface area contributed by atoms with Gasteiger partial charge in [-0.25, -0.2) is 19.6 Å². The second-order valence-corrected chi connectivity index (χ2v) is 20.5.